The highest BCUT2D eigenvalue weighted by molar-refractivity contribution is 5.76. The van der Waals surface area contributed by atoms with Crippen molar-refractivity contribution in [2.24, 2.45) is 11.8 Å². The van der Waals surface area contributed by atoms with Crippen LogP contribution in [0.25, 0.3) is 0 Å². The number of rotatable bonds is 5. The van der Waals surface area contributed by atoms with Gasteiger partial charge in [-0.15, -0.1) is 0 Å². The first-order valence-electron chi connectivity index (χ1n) is 8.39. The summed E-state index contributed by atoms with van der Waals surface area (Å²) in [6, 6.07) is 5.96. The van der Waals surface area contributed by atoms with Gasteiger partial charge in [0.25, 0.3) is 0 Å². The van der Waals surface area contributed by atoms with Crippen LogP contribution in [0.15, 0.2) is 24.3 Å². The number of likely N-dealkylation sites (tertiary alicyclic amines) is 1. The third-order valence-corrected chi connectivity index (χ3v) is 4.54. The van der Waals surface area contributed by atoms with Crippen LogP contribution in [0.3, 0.4) is 0 Å². The molecule has 1 fully saturated rings. The third-order valence-electron chi connectivity index (χ3n) is 4.54. The first kappa shape index (κ1) is 18.2. The largest absolute Gasteiger partial charge is 0.481 e. The molecular formula is C18H25FN2O3. The number of piperidine rings is 1. The molecule has 24 heavy (non-hydrogen) atoms. The summed E-state index contributed by atoms with van der Waals surface area (Å²) in [6.45, 7) is 4.87. The Balaban J connectivity index is 1.97. The number of hydrogen-bond donors (Lipinski definition) is 2. The Bertz CT molecular complexity index is 574. The lowest BCUT2D eigenvalue weighted by molar-refractivity contribution is -0.143. The van der Waals surface area contributed by atoms with E-state index < -0.39 is 11.9 Å². The number of urea groups is 1. The molecular weight excluding hydrogens is 311 g/mol. The molecule has 1 aromatic rings. The second-order valence-electron chi connectivity index (χ2n) is 6.75. The standard InChI is InChI=1S/C18H25FN2O3/c1-12(2)16(10-13-5-7-15(19)8-6-13)20-18(24)21-9-3-4-14(11-21)17(22)23/h5-8,12,14,16H,3-4,9-11H2,1-2H3,(H,20,24)(H,22,23). The lowest BCUT2D eigenvalue weighted by Gasteiger charge is -2.33. The van der Waals surface area contributed by atoms with Gasteiger partial charge in [-0.25, -0.2) is 9.18 Å². The number of hydrogen-bond acceptors (Lipinski definition) is 2. The molecule has 1 aliphatic heterocycles. The Morgan fingerprint density at radius 2 is 2.00 bits per heavy atom. The molecule has 0 saturated carbocycles. The normalized spacial score (nSPS) is 19.2. The maximum atomic E-state index is 13.0. The van der Waals surface area contributed by atoms with Crippen molar-refractivity contribution in [3.8, 4) is 0 Å². The van der Waals surface area contributed by atoms with Gasteiger partial charge in [0, 0.05) is 19.1 Å². The van der Waals surface area contributed by atoms with E-state index in [0.29, 0.717) is 25.8 Å². The zero-order valence-corrected chi connectivity index (χ0v) is 14.2. The number of nitrogens with zero attached hydrogens (tertiary/aromatic N) is 1. The van der Waals surface area contributed by atoms with Gasteiger partial charge in [0.2, 0.25) is 0 Å². The van der Waals surface area contributed by atoms with Crippen LogP contribution in [0.1, 0.15) is 32.3 Å². The summed E-state index contributed by atoms with van der Waals surface area (Å²) >= 11 is 0. The summed E-state index contributed by atoms with van der Waals surface area (Å²) < 4.78 is 13.0. The highest BCUT2D eigenvalue weighted by Crippen LogP contribution is 2.18. The van der Waals surface area contributed by atoms with Crippen molar-refractivity contribution >= 4 is 12.0 Å². The van der Waals surface area contributed by atoms with Crippen molar-refractivity contribution in [3.05, 3.63) is 35.6 Å². The van der Waals surface area contributed by atoms with Crippen LogP contribution in [-0.2, 0) is 11.2 Å². The van der Waals surface area contributed by atoms with Gasteiger partial charge in [-0.3, -0.25) is 4.79 Å². The van der Waals surface area contributed by atoms with Crippen LogP contribution in [0.5, 0.6) is 0 Å². The zero-order chi connectivity index (χ0) is 17.7. The van der Waals surface area contributed by atoms with Crippen molar-refractivity contribution in [2.45, 2.75) is 39.2 Å². The number of carbonyl (C=O) groups is 2. The van der Waals surface area contributed by atoms with Crippen LogP contribution in [-0.4, -0.2) is 41.1 Å². The minimum atomic E-state index is -0.848. The molecule has 2 rings (SSSR count). The first-order chi connectivity index (χ1) is 11.4. The van der Waals surface area contributed by atoms with Crippen molar-refractivity contribution in [1.82, 2.24) is 10.2 Å². The molecule has 0 aromatic heterocycles. The average Bonchev–Trinajstić information content (AvgIpc) is 2.56. The molecule has 0 bridgehead atoms. The molecule has 0 radical (unpaired) electrons. The fourth-order valence-corrected chi connectivity index (χ4v) is 2.94. The van der Waals surface area contributed by atoms with Crippen molar-refractivity contribution in [2.75, 3.05) is 13.1 Å². The van der Waals surface area contributed by atoms with Gasteiger partial charge in [0.05, 0.1) is 5.92 Å². The summed E-state index contributed by atoms with van der Waals surface area (Å²) in [5.41, 5.74) is 0.956. The van der Waals surface area contributed by atoms with Crippen LogP contribution >= 0.6 is 0 Å². The number of aliphatic carboxylic acids is 1. The summed E-state index contributed by atoms with van der Waals surface area (Å²) in [7, 11) is 0. The minimum Gasteiger partial charge on any atom is -0.481 e. The van der Waals surface area contributed by atoms with E-state index in [1.165, 1.54) is 12.1 Å². The van der Waals surface area contributed by atoms with Gasteiger partial charge in [-0.2, -0.15) is 0 Å². The minimum absolute atomic E-state index is 0.0897. The molecule has 2 amide bonds. The molecule has 1 heterocycles. The molecule has 132 valence electrons. The summed E-state index contributed by atoms with van der Waals surface area (Å²) in [5.74, 6) is -1.41. The average molecular weight is 336 g/mol. The van der Waals surface area contributed by atoms with Gasteiger partial charge in [0.15, 0.2) is 0 Å². The number of benzene rings is 1. The fraction of sp³-hybridized carbons (Fsp3) is 0.556. The summed E-state index contributed by atoms with van der Waals surface area (Å²) in [6.07, 6.45) is 1.93. The third kappa shape index (κ3) is 4.94. The first-order valence-corrected chi connectivity index (χ1v) is 8.39. The van der Waals surface area contributed by atoms with Crippen molar-refractivity contribution in [3.63, 3.8) is 0 Å². The van der Waals surface area contributed by atoms with Gasteiger partial charge in [0.1, 0.15) is 5.82 Å². The second-order valence-corrected chi connectivity index (χ2v) is 6.75. The molecule has 1 aliphatic rings. The van der Waals surface area contributed by atoms with Gasteiger partial charge in [-0.05, 0) is 42.9 Å². The number of carboxylic acid groups (broad SMARTS) is 1. The Labute approximate surface area is 141 Å². The molecule has 6 heteroatoms. The smallest absolute Gasteiger partial charge is 0.317 e. The van der Waals surface area contributed by atoms with Crippen molar-refractivity contribution < 1.29 is 19.1 Å². The van der Waals surface area contributed by atoms with E-state index in [1.54, 1.807) is 17.0 Å². The molecule has 5 nitrogen and oxygen atoms in total. The van der Waals surface area contributed by atoms with E-state index in [-0.39, 0.29) is 30.4 Å². The zero-order valence-electron chi connectivity index (χ0n) is 14.2. The van der Waals surface area contributed by atoms with E-state index >= 15 is 0 Å². The fourth-order valence-electron chi connectivity index (χ4n) is 2.94. The Kier molecular flexibility index (Phi) is 6.17. The number of nitrogens with one attached hydrogen (secondary N) is 1. The molecule has 2 atom stereocenters. The monoisotopic (exact) mass is 336 g/mol. The Morgan fingerprint density at radius 3 is 2.58 bits per heavy atom. The number of amides is 2. The van der Waals surface area contributed by atoms with E-state index in [4.69, 9.17) is 5.11 Å². The second kappa shape index (κ2) is 8.13. The lowest BCUT2D eigenvalue weighted by Crippen LogP contribution is -2.51. The van der Waals surface area contributed by atoms with Gasteiger partial charge >= 0.3 is 12.0 Å². The number of carboxylic acids is 1. The Hall–Kier alpha value is -2.11. The van der Waals surface area contributed by atoms with Crippen LogP contribution in [0.4, 0.5) is 9.18 Å². The van der Waals surface area contributed by atoms with Crippen LogP contribution in [0.2, 0.25) is 0 Å². The quantitative estimate of drug-likeness (QED) is 0.869. The van der Waals surface area contributed by atoms with E-state index in [1.807, 2.05) is 13.8 Å². The summed E-state index contributed by atoms with van der Waals surface area (Å²) in [5, 5.41) is 12.1. The predicted octanol–water partition coefficient (Wildman–Crippen LogP) is 2.90. The van der Waals surface area contributed by atoms with Crippen LogP contribution in [0, 0.1) is 17.7 Å². The molecule has 0 spiro atoms. The SMILES string of the molecule is CC(C)C(Cc1ccc(F)cc1)NC(=O)N1CCCC(C(=O)O)C1. The highest BCUT2D eigenvalue weighted by atomic mass is 19.1. The van der Waals surface area contributed by atoms with E-state index in [9.17, 15) is 14.0 Å². The molecule has 1 aromatic carbocycles. The van der Waals surface area contributed by atoms with E-state index in [0.717, 1.165) is 5.56 Å². The van der Waals surface area contributed by atoms with Gasteiger partial charge < -0.3 is 15.3 Å². The highest BCUT2D eigenvalue weighted by Gasteiger charge is 2.29. The van der Waals surface area contributed by atoms with Gasteiger partial charge in [-0.1, -0.05) is 26.0 Å². The molecule has 0 aliphatic carbocycles. The molecule has 2 unspecified atom stereocenters. The number of halogens is 1. The Morgan fingerprint density at radius 1 is 1.33 bits per heavy atom. The van der Waals surface area contributed by atoms with E-state index in [2.05, 4.69) is 5.32 Å². The maximum absolute atomic E-state index is 13.0. The predicted molar refractivity (Wildman–Crippen MR) is 89.2 cm³/mol. The molecule has 2 N–H and O–H groups in total. The van der Waals surface area contributed by atoms with Crippen molar-refractivity contribution in [1.29, 1.82) is 0 Å². The topological polar surface area (TPSA) is 69.6 Å². The number of carbonyl (C=O) groups excluding carboxylic acids is 1. The van der Waals surface area contributed by atoms with Crippen LogP contribution < -0.4 is 5.32 Å². The summed E-state index contributed by atoms with van der Waals surface area (Å²) in [4.78, 5) is 25.2. The molecule has 1 saturated heterocycles. The lowest BCUT2D eigenvalue weighted by atomic mass is 9.96. The maximum Gasteiger partial charge on any atom is 0.317 e.